The number of nitrogens with zero attached hydrogens (tertiary/aromatic N) is 1. The molecule has 1 fully saturated rings. The van der Waals surface area contributed by atoms with Crippen molar-refractivity contribution < 1.29 is 9.53 Å². The van der Waals surface area contributed by atoms with E-state index in [1.54, 1.807) is 11.3 Å². The third-order valence-electron chi connectivity index (χ3n) is 5.80. The molecular formula is C26H30N2O2S. The Hall–Kier alpha value is -2.47. The standard InChI is InChI=1S/C26H30N2O2S/c1-19(2)20-10-12-22(13-11-20)24(23-9-6-18-31-23)27-25(21-7-4-3-5-8-21)26(29)28-14-16-30-17-15-28/h3-13,18-19,24-25,27H,14-17H2,1-2H3/t24-,25-/m0/s1. The molecule has 4 nitrogen and oxygen atoms in total. The van der Waals surface area contributed by atoms with Crippen LogP contribution < -0.4 is 5.32 Å². The Bertz CT molecular complexity index is 949. The van der Waals surface area contributed by atoms with Gasteiger partial charge in [-0.3, -0.25) is 10.1 Å². The van der Waals surface area contributed by atoms with E-state index in [9.17, 15) is 4.79 Å². The lowest BCUT2D eigenvalue weighted by atomic mass is 9.96. The molecular weight excluding hydrogens is 404 g/mol. The Balaban J connectivity index is 1.67. The molecule has 1 amide bonds. The summed E-state index contributed by atoms with van der Waals surface area (Å²) in [4.78, 5) is 16.7. The molecule has 0 aliphatic carbocycles. The van der Waals surface area contributed by atoms with E-state index < -0.39 is 6.04 Å². The van der Waals surface area contributed by atoms with Crippen LogP contribution in [0.4, 0.5) is 0 Å². The molecule has 1 aliphatic rings. The summed E-state index contributed by atoms with van der Waals surface area (Å²) >= 11 is 1.71. The van der Waals surface area contributed by atoms with E-state index in [1.165, 1.54) is 16.0 Å². The first-order chi connectivity index (χ1) is 15.1. The normalized spacial score (nSPS) is 16.3. The molecule has 162 valence electrons. The zero-order valence-electron chi connectivity index (χ0n) is 18.2. The largest absolute Gasteiger partial charge is 0.378 e. The molecule has 1 saturated heterocycles. The molecule has 0 radical (unpaired) electrons. The van der Waals surface area contributed by atoms with Crippen LogP contribution in [0.2, 0.25) is 0 Å². The molecule has 2 atom stereocenters. The molecule has 1 aliphatic heterocycles. The molecule has 2 aromatic carbocycles. The number of morpholine rings is 1. The Labute approximate surface area is 188 Å². The Morgan fingerprint density at radius 1 is 0.903 bits per heavy atom. The first kappa shape index (κ1) is 21.8. The van der Waals surface area contributed by atoms with E-state index in [1.807, 2.05) is 35.2 Å². The van der Waals surface area contributed by atoms with Crippen molar-refractivity contribution >= 4 is 17.2 Å². The van der Waals surface area contributed by atoms with Gasteiger partial charge in [-0.05, 0) is 34.1 Å². The fraction of sp³-hybridized carbons (Fsp3) is 0.346. The lowest BCUT2D eigenvalue weighted by Gasteiger charge is -2.33. The average Bonchev–Trinajstić information content (AvgIpc) is 3.35. The number of thiophene rings is 1. The van der Waals surface area contributed by atoms with Crippen LogP contribution in [0.5, 0.6) is 0 Å². The summed E-state index contributed by atoms with van der Waals surface area (Å²) in [5.74, 6) is 0.594. The average molecular weight is 435 g/mol. The summed E-state index contributed by atoms with van der Waals surface area (Å²) in [5, 5.41) is 5.80. The van der Waals surface area contributed by atoms with Gasteiger partial charge >= 0.3 is 0 Å². The van der Waals surface area contributed by atoms with Crippen LogP contribution in [0.1, 0.15) is 53.4 Å². The second-order valence-corrected chi connectivity index (χ2v) is 9.20. The first-order valence-electron chi connectivity index (χ1n) is 10.9. The van der Waals surface area contributed by atoms with E-state index in [2.05, 4.69) is 60.9 Å². The summed E-state index contributed by atoms with van der Waals surface area (Å²) in [7, 11) is 0. The first-order valence-corrected chi connectivity index (χ1v) is 11.8. The minimum atomic E-state index is -0.420. The van der Waals surface area contributed by atoms with Gasteiger partial charge in [-0.2, -0.15) is 0 Å². The van der Waals surface area contributed by atoms with Gasteiger partial charge in [0.15, 0.2) is 0 Å². The molecule has 0 bridgehead atoms. The molecule has 1 N–H and O–H groups in total. The lowest BCUT2D eigenvalue weighted by Crippen LogP contribution is -2.47. The number of hydrogen-bond acceptors (Lipinski definition) is 4. The van der Waals surface area contributed by atoms with Crippen molar-refractivity contribution in [3.05, 3.63) is 93.7 Å². The van der Waals surface area contributed by atoms with Crippen LogP contribution >= 0.6 is 11.3 Å². The SMILES string of the molecule is CC(C)c1ccc([C@H](N[C@H](C(=O)N2CCOCC2)c2ccccc2)c2cccs2)cc1. The third kappa shape index (κ3) is 5.24. The lowest BCUT2D eigenvalue weighted by molar-refractivity contribution is -0.137. The van der Waals surface area contributed by atoms with Gasteiger partial charge in [0.05, 0.1) is 19.3 Å². The number of ether oxygens (including phenoxy) is 1. The maximum absolute atomic E-state index is 13.6. The topological polar surface area (TPSA) is 41.6 Å². The fourth-order valence-electron chi connectivity index (χ4n) is 3.96. The predicted octanol–water partition coefficient (Wildman–Crippen LogP) is 5.15. The highest BCUT2D eigenvalue weighted by Gasteiger charge is 2.30. The summed E-state index contributed by atoms with van der Waals surface area (Å²) < 4.78 is 5.46. The molecule has 3 aromatic rings. The molecule has 1 aromatic heterocycles. The number of carbonyl (C=O) groups excluding carboxylic acids is 1. The van der Waals surface area contributed by atoms with Crippen molar-refractivity contribution in [1.82, 2.24) is 10.2 Å². The summed E-state index contributed by atoms with van der Waals surface area (Å²) in [6, 6.07) is 22.5. The van der Waals surface area contributed by atoms with Crippen LogP contribution in [-0.4, -0.2) is 37.1 Å². The van der Waals surface area contributed by atoms with Crippen molar-refractivity contribution in [2.45, 2.75) is 31.8 Å². The quantitative estimate of drug-likeness (QED) is 0.559. The zero-order valence-corrected chi connectivity index (χ0v) is 19.0. The van der Waals surface area contributed by atoms with Crippen molar-refractivity contribution in [3.8, 4) is 0 Å². The Morgan fingerprint density at radius 3 is 2.19 bits per heavy atom. The van der Waals surface area contributed by atoms with Crippen molar-refractivity contribution in [3.63, 3.8) is 0 Å². The Kier molecular flexibility index (Phi) is 7.17. The second-order valence-electron chi connectivity index (χ2n) is 8.22. The maximum atomic E-state index is 13.6. The van der Waals surface area contributed by atoms with Gasteiger partial charge < -0.3 is 9.64 Å². The molecule has 31 heavy (non-hydrogen) atoms. The molecule has 5 heteroatoms. The third-order valence-corrected chi connectivity index (χ3v) is 6.74. The van der Waals surface area contributed by atoms with Gasteiger partial charge in [-0.15, -0.1) is 11.3 Å². The van der Waals surface area contributed by atoms with Gasteiger partial charge in [-0.1, -0.05) is 74.5 Å². The molecule has 2 heterocycles. The number of hydrogen-bond donors (Lipinski definition) is 1. The zero-order chi connectivity index (χ0) is 21.6. The number of carbonyl (C=O) groups is 1. The number of amides is 1. The van der Waals surface area contributed by atoms with Crippen molar-refractivity contribution in [2.75, 3.05) is 26.3 Å². The van der Waals surface area contributed by atoms with E-state index in [4.69, 9.17) is 4.74 Å². The van der Waals surface area contributed by atoms with E-state index in [0.29, 0.717) is 32.2 Å². The smallest absolute Gasteiger partial charge is 0.244 e. The maximum Gasteiger partial charge on any atom is 0.244 e. The molecule has 0 spiro atoms. The minimum Gasteiger partial charge on any atom is -0.378 e. The summed E-state index contributed by atoms with van der Waals surface area (Å²) in [6.07, 6.45) is 0. The summed E-state index contributed by atoms with van der Waals surface area (Å²) in [5.41, 5.74) is 3.47. The predicted molar refractivity (Wildman–Crippen MR) is 126 cm³/mol. The van der Waals surface area contributed by atoms with E-state index in [0.717, 1.165) is 5.56 Å². The second kappa shape index (κ2) is 10.2. The van der Waals surface area contributed by atoms with Crippen LogP contribution in [-0.2, 0) is 9.53 Å². The number of nitrogens with one attached hydrogen (secondary N) is 1. The van der Waals surface area contributed by atoms with Gasteiger partial charge in [0.2, 0.25) is 5.91 Å². The van der Waals surface area contributed by atoms with Gasteiger partial charge in [0.1, 0.15) is 6.04 Å². The van der Waals surface area contributed by atoms with Crippen LogP contribution in [0, 0.1) is 0 Å². The minimum absolute atomic E-state index is 0.0589. The van der Waals surface area contributed by atoms with Crippen LogP contribution in [0.25, 0.3) is 0 Å². The highest BCUT2D eigenvalue weighted by molar-refractivity contribution is 7.10. The number of benzene rings is 2. The molecule has 4 rings (SSSR count). The van der Waals surface area contributed by atoms with E-state index in [-0.39, 0.29) is 11.9 Å². The van der Waals surface area contributed by atoms with Crippen molar-refractivity contribution in [2.24, 2.45) is 0 Å². The van der Waals surface area contributed by atoms with Crippen molar-refractivity contribution in [1.29, 1.82) is 0 Å². The van der Waals surface area contributed by atoms with Gasteiger partial charge in [0, 0.05) is 18.0 Å². The molecule has 0 saturated carbocycles. The highest BCUT2D eigenvalue weighted by atomic mass is 32.1. The van der Waals surface area contributed by atoms with Crippen LogP contribution in [0.3, 0.4) is 0 Å². The van der Waals surface area contributed by atoms with Gasteiger partial charge in [0.25, 0.3) is 0 Å². The fourth-order valence-corrected chi connectivity index (χ4v) is 4.77. The highest BCUT2D eigenvalue weighted by Crippen LogP contribution is 2.31. The Morgan fingerprint density at radius 2 is 1.58 bits per heavy atom. The molecule has 0 unspecified atom stereocenters. The monoisotopic (exact) mass is 434 g/mol. The van der Waals surface area contributed by atoms with Crippen LogP contribution in [0.15, 0.2) is 72.1 Å². The summed E-state index contributed by atoms with van der Waals surface area (Å²) in [6.45, 7) is 6.87. The number of rotatable bonds is 7. The van der Waals surface area contributed by atoms with Gasteiger partial charge in [-0.25, -0.2) is 0 Å². The van der Waals surface area contributed by atoms with E-state index >= 15 is 0 Å².